The zero-order chi connectivity index (χ0) is 13.8. The van der Waals surface area contributed by atoms with Crippen LogP contribution in [0, 0.1) is 0 Å². The number of aromatic carboxylic acids is 1. The van der Waals surface area contributed by atoms with E-state index < -0.39 is 5.97 Å². The fourth-order valence-corrected chi connectivity index (χ4v) is 2.73. The van der Waals surface area contributed by atoms with Crippen molar-refractivity contribution in [2.45, 2.75) is 6.42 Å². The second-order valence-electron chi connectivity index (χ2n) is 3.82. The fraction of sp³-hybridized carbons (Fsp3) is 0.0769. The third-order valence-corrected chi connectivity index (χ3v) is 3.78. The first-order chi connectivity index (χ1) is 9.06. The van der Waals surface area contributed by atoms with Gasteiger partial charge in [-0.3, -0.25) is 4.79 Å². The Morgan fingerprint density at radius 1 is 1.32 bits per heavy atom. The van der Waals surface area contributed by atoms with Crippen molar-refractivity contribution >= 4 is 44.8 Å². The normalized spacial score (nSPS) is 10.2. The molecule has 0 radical (unpaired) electrons. The van der Waals surface area contributed by atoms with Crippen LogP contribution in [0.25, 0.3) is 0 Å². The van der Waals surface area contributed by atoms with E-state index in [0.29, 0.717) is 5.69 Å². The van der Waals surface area contributed by atoms with Gasteiger partial charge in [-0.05, 0) is 29.1 Å². The summed E-state index contributed by atoms with van der Waals surface area (Å²) in [6.45, 7) is 0. The molecule has 0 bridgehead atoms. The number of carbonyl (C=O) groups excluding carboxylic acids is 1. The van der Waals surface area contributed by atoms with Crippen LogP contribution in [0.15, 0.2) is 40.2 Å². The number of carbonyl (C=O) groups is 2. The molecule has 2 N–H and O–H groups in total. The van der Waals surface area contributed by atoms with Crippen LogP contribution in [0.5, 0.6) is 0 Å². The molecule has 0 spiro atoms. The number of hydrogen-bond donors (Lipinski definition) is 2. The molecule has 1 amide bonds. The Labute approximate surface area is 122 Å². The smallest absolute Gasteiger partial charge is 0.348 e. The molecule has 1 aromatic heterocycles. The summed E-state index contributed by atoms with van der Waals surface area (Å²) in [5, 5.41) is 13.2. The highest BCUT2D eigenvalue weighted by atomic mass is 79.9. The van der Waals surface area contributed by atoms with Gasteiger partial charge in [0.2, 0.25) is 5.91 Å². The van der Waals surface area contributed by atoms with E-state index in [4.69, 9.17) is 5.11 Å². The maximum Gasteiger partial charge on any atom is 0.348 e. The van der Waals surface area contributed by atoms with Crippen LogP contribution in [-0.2, 0) is 11.2 Å². The van der Waals surface area contributed by atoms with Gasteiger partial charge in [0.25, 0.3) is 0 Å². The lowest BCUT2D eigenvalue weighted by molar-refractivity contribution is -0.115. The molecule has 0 saturated carbocycles. The molecule has 1 aromatic carbocycles. The predicted octanol–water partition coefficient (Wildman–Crippen LogP) is 3.39. The maximum atomic E-state index is 11.9. The Bertz CT molecular complexity index is 624. The number of amides is 1. The van der Waals surface area contributed by atoms with Crippen molar-refractivity contribution in [3.63, 3.8) is 0 Å². The predicted molar refractivity (Wildman–Crippen MR) is 77.8 cm³/mol. The topological polar surface area (TPSA) is 66.4 Å². The molecule has 4 nitrogen and oxygen atoms in total. The Kier molecular flexibility index (Phi) is 4.34. The Balaban J connectivity index is 2.05. The molecule has 0 atom stereocenters. The van der Waals surface area contributed by atoms with Gasteiger partial charge in [-0.2, -0.15) is 0 Å². The molecule has 0 aliphatic heterocycles. The second-order valence-corrected chi connectivity index (χ2v) is 5.66. The van der Waals surface area contributed by atoms with E-state index in [1.165, 1.54) is 0 Å². The van der Waals surface area contributed by atoms with Crippen molar-refractivity contribution in [3.8, 4) is 0 Å². The molecule has 2 aromatic rings. The fourth-order valence-electron chi connectivity index (χ4n) is 1.60. The van der Waals surface area contributed by atoms with Crippen molar-refractivity contribution in [3.05, 3.63) is 50.6 Å². The van der Waals surface area contributed by atoms with E-state index in [-0.39, 0.29) is 17.2 Å². The van der Waals surface area contributed by atoms with E-state index in [2.05, 4.69) is 21.2 Å². The lowest BCUT2D eigenvalue weighted by Crippen LogP contribution is -2.15. The van der Waals surface area contributed by atoms with Crippen LogP contribution >= 0.6 is 27.3 Å². The number of nitrogens with one attached hydrogen (secondary N) is 1. The lowest BCUT2D eigenvalue weighted by atomic mass is 10.1. The van der Waals surface area contributed by atoms with Gasteiger partial charge in [-0.25, -0.2) is 4.79 Å². The quantitative estimate of drug-likeness (QED) is 0.897. The molecule has 0 aliphatic carbocycles. The van der Waals surface area contributed by atoms with Gasteiger partial charge in [0.15, 0.2) is 0 Å². The minimum Gasteiger partial charge on any atom is -0.477 e. The molecule has 0 saturated heterocycles. The van der Waals surface area contributed by atoms with Gasteiger partial charge in [0.05, 0.1) is 12.1 Å². The van der Waals surface area contributed by atoms with Crippen molar-refractivity contribution in [1.82, 2.24) is 0 Å². The Hall–Kier alpha value is -1.66. The van der Waals surface area contributed by atoms with E-state index in [1.807, 2.05) is 24.3 Å². The van der Waals surface area contributed by atoms with E-state index in [9.17, 15) is 9.59 Å². The van der Waals surface area contributed by atoms with Gasteiger partial charge in [-0.15, -0.1) is 11.3 Å². The molecule has 6 heteroatoms. The second kappa shape index (κ2) is 5.99. The molecule has 19 heavy (non-hydrogen) atoms. The van der Waals surface area contributed by atoms with Crippen molar-refractivity contribution in [2.24, 2.45) is 0 Å². The maximum absolute atomic E-state index is 11.9. The summed E-state index contributed by atoms with van der Waals surface area (Å²) >= 11 is 4.42. The van der Waals surface area contributed by atoms with Crippen molar-refractivity contribution in [2.75, 3.05) is 5.32 Å². The molecular weight excluding hydrogens is 330 g/mol. The first kappa shape index (κ1) is 13.8. The third kappa shape index (κ3) is 3.65. The van der Waals surface area contributed by atoms with Crippen LogP contribution in [0.4, 0.5) is 5.69 Å². The first-order valence-corrected chi connectivity index (χ1v) is 7.08. The molecule has 0 aliphatic rings. The van der Waals surface area contributed by atoms with E-state index in [0.717, 1.165) is 21.4 Å². The van der Waals surface area contributed by atoms with Gasteiger partial charge >= 0.3 is 5.97 Å². The van der Waals surface area contributed by atoms with Crippen LogP contribution in [0.2, 0.25) is 0 Å². The minimum absolute atomic E-state index is 0.141. The number of carboxylic acid groups (broad SMARTS) is 1. The first-order valence-electron chi connectivity index (χ1n) is 5.41. The number of benzene rings is 1. The zero-order valence-electron chi connectivity index (χ0n) is 9.72. The van der Waals surface area contributed by atoms with Gasteiger partial charge in [0, 0.05) is 4.47 Å². The summed E-state index contributed by atoms with van der Waals surface area (Å²) in [7, 11) is 0. The summed E-state index contributed by atoms with van der Waals surface area (Å²) in [6, 6.07) is 9.01. The highest BCUT2D eigenvalue weighted by Gasteiger charge is 2.14. The Morgan fingerprint density at radius 2 is 2.11 bits per heavy atom. The summed E-state index contributed by atoms with van der Waals surface area (Å²) in [6.07, 6.45) is 0.203. The molecular formula is C13H10BrNO3S. The van der Waals surface area contributed by atoms with Gasteiger partial charge < -0.3 is 10.4 Å². The molecule has 1 heterocycles. The summed E-state index contributed by atoms with van der Waals surface area (Å²) in [4.78, 5) is 22.9. The van der Waals surface area contributed by atoms with E-state index in [1.54, 1.807) is 11.4 Å². The molecule has 2 rings (SSSR count). The summed E-state index contributed by atoms with van der Waals surface area (Å²) < 4.78 is 0.902. The van der Waals surface area contributed by atoms with Crippen LogP contribution in [0.3, 0.4) is 0 Å². The number of carboxylic acids is 1. The molecule has 0 fully saturated rings. The zero-order valence-corrected chi connectivity index (χ0v) is 12.1. The lowest BCUT2D eigenvalue weighted by Gasteiger charge is -2.05. The average molecular weight is 340 g/mol. The number of anilines is 1. The highest BCUT2D eigenvalue weighted by Crippen LogP contribution is 2.22. The van der Waals surface area contributed by atoms with Crippen LogP contribution < -0.4 is 5.32 Å². The van der Waals surface area contributed by atoms with Crippen molar-refractivity contribution < 1.29 is 14.7 Å². The number of thiophene rings is 1. The largest absolute Gasteiger partial charge is 0.477 e. The highest BCUT2D eigenvalue weighted by molar-refractivity contribution is 9.10. The molecule has 0 unspecified atom stereocenters. The van der Waals surface area contributed by atoms with Crippen molar-refractivity contribution in [1.29, 1.82) is 0 Å². The van der Waals surface area contributed by atoms with Crippen LogP contribution in [-0.4, -0.2) is 17.0 Å². The summed E-state index contributed by atoms with van der Waals surface area (Å²) in [5.74, 6) is -1.27. The number of halogens is 1. The Morgan fingerprint density at radius 3 is 2.79 bits per heavy atom. The monoisotopic (exact) mass is 339 g/mol. The standard InChI is InChI=1S/C13H10BrNO3S/c14-9-3-1-2-8(6-9)7-11(16)15-10-4-5-19-12(10)13(17)18/h1-6H,7H2,(H,15,16)(H,17,18). The van der Waals surface area contributed by atoms with Gasteiger partial charge in [-0.1, -0.05) is 28.1 Å². The SMILES string of the molecule is O=C(Cc1cccc(Br)c1)Nc1ccsc1C(=O)O. The summed E-state index contributed by atoms with van der Waals surface area (Å²) in [5.41, 5.74) is 1.21. The number of hydrogen-bond acceptors (Lipinski definition) is 3. The average Bonchev–Trinajstić information content (AvgIpc) is 2.76. The minimum atomic E-state index is -1.03. The van der Waals surface area contributed by atoms with Gasteiger partial charge in [0.1, 0.15) is 4.88 Å². The number of rotatable bonds is 4. The third-order valence-electron chi connectivity index (χ3n) is 2.39. The van der Waals surface area contributed by atoms with Crippen LogP contribution in [0.1, 0.15) is 15.2 Å². The van der Waals surface area contributed by atoms with E-state index >= 15 is 0 Å². The molecule has 98 valence electrons.